The molecule has 5 atom stereocenters. The predicted octanol–water partition coefficient (Wildman–Crippen LogP) is 3.49. The second-order valence-corrected chi connectivity index (χ2v) is 11.3. The first-order valence-electron chi connectivity index (χ1n) is 12.4. The van der Waals surface area contributed by atoms with Gasteiger partial charge in [-0.1, -0.05) is 6.92 Å². The van der Waals surface area contributed by atoms with Gasteiger partial charge in [0.15, 0.2) is 0 Å². The van der Waals surface area contributed by atoms with Crippen LogP contribution in [0.3, 0.4) is 0 Å². The molecule has 0 aromatic heterocycles. The average molecular weight is 491 g/mol. The number of esters is 2. The van der Waals surface area contributed by atoms with Gasteiger partial charge < -0.3 is 29.2 Å². The number of hydrogen-bond acceptors (Lipinski definition) is 8. The van der Waals surface area contributed by atoms with E-state index < -0.39 is 34.6 Å². The van der Waals surface area contributed by atoms with Crippen LogP contribution in [0, 0.1) is 24.2 Å². The Morgan fingerprint density at radius 3 is 2.54 bits per heavy atom. The Kier molecular flexibility index (Phi) is 6.37. The molecule has 2 N–H and O–H groups in total. The van der Waals surface area contributed by atoms with Gasteiger partial charge in [0.05, 0.1) is 25.4 Å². The summed E-state index contributed by atoms with van der Waals surface area (Å²) in [6.45, 7) is 11.6. The van der Waals surface area contributed by atoms with Crippen LogP contribution >= 0.6 is 0 Å². The lowest BCUT2D eigenvalue weighted by Crippen LogP contribution is -2.66. The number of aliphatic hydroxyl groups excluding tert-OH is 1. The second kappa shape index (κ2) is 8.66. The molecule has 3 aliphatic rings. The van der Waals surface area contributed by atoms with Gasteiger partial charge in [-0.3, -0.25) is 4.79 Å². The van der Waals surface area contributed by atoms with Crippen molar-refractivity contribution in [3.63, 3.8) is 0 Å². The third kappa shape index (κ3) is 3.99. The molecule has 8 heteroatoms. The van der Waals surface area contributed by atoms with E-state index in [1.165, 1.54) is 7.11 Å². The van der Waals surface area contributed by atoms with Gasteiger partial charge in [-0.25, -0.2) is 4.79 Å². The topological polar surface area (TPSA) is 112 Å². The standard InChI is InChI=1S/C27H38O8/c1-8-33-19(29)9-10-26(5)18-11-15-21(14(2)16-13-34-24(30)20(16)22(15)32-7)35-27(18,6)12-17(28)23(26)25(3,4)31/h17-18,23,28,31H,8-13H2,1-7H3/t17-,18-,23+,26-,27+/m1/s1. The molecule has 1 aromatic rings. The monoisotopic (exact) mass is 490 g/mol. The minimum Gasteiger partial charge on any atom is -0.495 e. The number of carbonyl (C=O) groups is 2. The Morgan fingerprint density at radius 2 is 1.94 bits per heavy atom. The van der Waals surface area contributed by atoms with E-state index in [4.69, 9.17) is 18.9 Å². The molecule has 2 heterocycles. The van der Waals surface area contributed by atoms with Crippen molar-refractivity contribution in [1.29, 1.82) is 0 Å². The highest BCUT2D eigenvalue weighted by Gasteiger charge is 2.63. The summed E-state index contributed by atoms with van der Waals surface area (Å²) in [7, 11) is 1.54. The molecule has 1 fully saturated rings. The van der Waals surface area contributed by atoms with Crippen molar-refractivity contribution in [2.45, 2.75) is 91.1 Å². The molecular weight excluding hydrogens is 452 g/mol. The van der Waals surface area contributed by atoms with Crippen LogP contribution in [-0.4, -0.2) is 53.2 Å². The third-order valence-electron chi connectivity index (χ3n) is 8.55. The van der Waals surface area contributed by atoms with Crippen LogP contribution in [0.5, 0.6) is 11.5 Å². The predicted molar refractivity (Wildman–Crippen MR) is 127 cm³/mol. The summed E-state index contributed by atoms with van der Waals surface area (Å²) in [4.78, 5) is 24.9. The number of rotatable bonds is 6. The van der Waals surface area contributed by atoms with E-state index in [1.807, 2.05) is 20.8 Å². The highest BCUT2D eigenvalue weighted by Crippen LogP contribution is 2.61. The number of ether oxygens (including phenoxy) is 4. The quantitative estimate of drug-likeness (QED) is 0.583. The van der Waals surface area contributed by atoms with Crippen LogP contribution in [0.1, 0.15) is 80.9 Å². The summed E-state index contributed by atoms with van der Waals surface area (Å²) in [5.74, 6) is -0.284. The fourth-order valence-corrected chi connectivity index (χ4v) is 7.34. The zero-order valence-corrected chi connectivity index (χ0v) is 21.8. The summed E-state index contributed by atoms with van der Waals surface area (Å²) in [6.07, 6.45) is 0.566. The molecule has 8 nitrogen and oxygen atoms in total. The zero-order valence-electron chi connectivity index (χ0n) is 21.8. The number of methoxy groups -OCH3 is 1. The minimum absolute atomic E-state index is 0.162. The first kappa shape index (κ1) is 25.8. The molecule has 0 amide bonds. The highest BCUT2D eigenvalue weighted by atomic mass is 16.5. The van der Waals surface area contributed by atoms with Crippen LogP contribution in [0.25, 0.3) is 0 Å². The maximum absolute atomic E-state index is 12.6. The third-order valence-corrected chi connectivity index (χ3v) is 8.55. The van der Waals surface area contributed by atoms with Crippen molar-refractivity contribution in [2.75, 3.05) is 13.7 Å². The van der Waals surface area contributed by atoms with Crippen molar-refractivity contribution in [3.8, 4) is 11.5 Å². The van der Waals surface area contributed by atoms with Crippen LogP contribution < -0.4 is 9.47 Å². The van der Waals surface area contributed by atoms with Gasteiger partial charge in [0.25, 0.3) is 0 Å². The average Bonchev–Trinajstić information content (AvgIpc) is 3.13. The van der Waals surface area contributed by atoms with E-state index in [2.05, 4.69) is 0 Å². The molecule has 0 unspecified atom stereocenters. The van der Waals surface area contributed by atoms with Gasteiger partial charge in [0.1, 0.15) is 29.3 Å². The number of cyclic esters (lactones) is 1. The van der Waals surface area contributed by atoms with Crippen LogP contribution in [-0.2, 0) is 27.3 Å². The maximum Gasteiger partial charge on any atom is 0.342 e. The number of aliphatic hydroxyl groups is 2. The SMILES string of the molecule is CCOC(=O)CC[C@]1(C)[C@H]2Cc3c(c(C)c4c(c3OC)C(=O)OC4)O[C@@]2(C)C[C@@H](O)[C@H]1C(C)(C)O. The summed E-state index contributed by atoms with van der Waals surface area (Å²) in [5, 5.41) is 22.6. The lowest BCUT2D eigenvalue weighted by molar-refractivity contribution is -0.213. The lowest BCUT2D eigenvalue weighted by Gasteiger charge is -2.61. The fraction of sp³-hybridized carbons (Fsp3) is 0.704. The van der Waals surface area contributed by atoms with E-state index in [0.717, 1.165) is 16.7 Å². The maximum atomic E-state index is 12.6. The van der Waals surface area contributed by atoms with Crippen molar-refractivity contribution in [3.05, 3.63) is 22.3 Å². The molecule has 1 aromatic carbocycles. The van der Waals surface area contributed by atoms with E-state index >= 15 is 0 Å². The Hall–Kier alpha value is -2.32. The summed E-state index contributed by atoms with van der Waals surface area (Å²) in [5.41, 5.74) is 0.194. The number of benzene rings is 1. The molecule has 0 saturated heterocycles. The molecule has 0 bridgehead atoms. The Morgan fingerprint density at radius 1 is 1.26 bits per heavy atom. The molecule has 35 heavy (non-hydrogen) atoms. The summed E-state index contributed by atoms with van der Waals surface area (Å²) in [6, 6.07) is 0. The minimum atomic E-state index is -1.20. The van der Waals surface area contributed by atoms with Crippen LogP contribution in [0.2, 0.25) is 0 Å². The molecule has 0 spiro atoms. The number of fused-ring (bicyclic) bond motifs is 3. The largest absolute Gasteiger partial charge is 0.495 e. The fourth-order valence-electron chi connectivity index (χ4n) is 7.34. The van der Waals surface area contributed by atoms with E-state index in [-0.39, 0.29) is 24.9 Å². The molecule has 194 valence electrons. The van der Waals surface area contributed by atoms with E-state index in [0.29, 0.717) is 42.9 Å². The first-order valence-corrected chi connectivity index (χ1v) is 12.4. The molecular formula is C27H38O8. The number of hydrogen-bond donors (Lipinski definition) is 2. The molecule has 0 radical (unpaired) electrons. The highest BCUT2D eigenvalue weighted by molar-refractivity contribution is 5.98. The zero-order chi connectivity index (χ0) is 25.9. The second-order valence-electron chi connectivity index (χ2n) is 11.3. The smallest absolute Gasteiger partial charge is 0.342 e. The van der Waals surface area contributed by atoms with Gasteiger partial charge in [0.2, 0.25) is 0 Å². The van der Waals surface area contributed by atoms with Crippen LogP contribution in [0.15, 0.2) is 0 Å². The summed E-state index contributed by atoms with van der Waals surface area (Å²) < 4.78 is 23.0. The van der Waals surface area contributed by atoms with E-state index in [1.54, 1.807) is 20.8 Å². The van der Waals surface area contributed by atoms with Gasteiger partial charge >= 0.3 is 11.9 Å². The van der Waals surface area contributed by atoms with Crippen LogP contribution in [0.4, 0.5) is 0 Å². The molecule has 1 aliphatic carbocycles. The summed E-state index contributed by atoms with van der Waals surface area (Å²) >= 11 is 0. The van der Waals surface area contributed by atoms with Gasteiger partial charge in [-0.05, 0) is 58.4 Å². The van der Waals surface area contributed by atoms with Gasteiger partial charge in [-0.15, -0.1) is 0 Å². The molecule has 2 aliphatic heterocycles. The normalized spacial score (nSPS) is 31.6. The Bertz CT molecular complexity index is 1040. The van der Waals surface area contributed by atoms with Crippen molar-refractivity contribution < 1.29 is 38.7 Å². The van der Waals surface area contributed by atoms with Gasteiger partial charge in [-0.2, -0.15) is 0 Å². The van der Waals surface area contributed by atoms with Gasteiger partial charge in [0, 0.05) is 35.8 Å². The molecule has 4 rings (SSSR count). The Balaban J connectivity index is 1.86. The first-order chi connectivity index (χ1) is 16.3. The van der Waals surface area contributed by atoms with E-state index in [9.17, 15) is 19.8 Å². The van der Waals surface area contributed by atoms with Crippen molar-refractivity contribution >= 4 is 11.9 Å². The van der Waals surface area contributed by atoms with Crippen molar-refractivity contribution in [1.82, 2.24) is 0 Å². The molecule has 1 saturated carbocycles. The lowest BCUT2D eigenvalue weighted by atomic mass is 9.48. The number of carbonyl (C=O) groups excluding carboxylic acids is 2. The Labute approximate surface area is 206 Å². The van der Waals surface area contributed by atoms with Crippen molar-refractivity contribution in [2.24, 2.45) is 17.3 Å².